The molecule has 0 saturated carbocycles. The Morgan fingerprint density at radius 2 is 2.22 bits per heavy atom. The van der Waals surface area contributed by atoms with Crippen molar-refractivity contribution in [1.29, 1.82) is 5.26 Å². The largest absolute Gasteiger partial charge is 0.359 e. The summed E-state index contributed by atoms with van der Waals surface area (Å²) in [5.74, 6) is 1.08. The van der Waals surface area contributed by atoms with Crippen LogP contribution in [0.25, 0.3) is 0 Å². The monoisotopic (exact) mass is 394 g/mol. The molecule has 0 aliphatic carbocycles. The molecule has 0 aliphatic rings. The zero-order valence-electron chi connectivity index (χ0n) is 13.4. The Labute approximate surface area is 144 Å². The van der Waals surface area contributed by atoms with Gasteiger partial charge in [-0.25, -0.2) is 4.68 Å². The number of aromatic nitrogens is 4. The van der Waals surface area contributed by atoms with E-state index in [-0.39, 0.29) is 6.73 Å². The first-order valence-corrected chi connectivity index (χ1v) is 11.7. The van der Waals surface area contributed by atoms with Crippen molar-refractivity contribution in [2.24, 2.45) is 0 Å². The highest BCUT2D eigenvalue weighted by Crippen LogP contribution is 2.26. The maximum atomic E-state index is 9.32. The summed E-state index contributed by atoms with van der Waals surface area (Å²) in [4.78, 5) is 0. The van der Waals surface area contributed by atoms with Gasteiger partial charge in [0.2, 0.25) is 0 Å². The van der Waals surface area contributed by atoms with Gasteiger partial charge in [-0.15, -0.1) is 5.10 Å². The van der Waals surface area contributed by atoms with Gasteiger partial charge in [-0.05, 0) is 34.1 Å². The molecule has 0 unspecified atom stereocenters. The van der Waals surface area contributed by atoms with Crippen molar-refractivity contribution >= 4 is 35.6 Å². The summed E-state index contributed by atoms with van der Waals surface area (Å²) < 4.78 is 7.80. The van der Waals surface area contributed by atoms with E-state index in [0.717, 1.165) is 6.04 Å². The number of hydrogen-bond acceptors (Lipinski definition) is 6. The molecule has 0 spiro atoms. The van der Waals surface area contributed by atoms with Crippen LogP contribution >= 0.6 is 15.9 Å². The summed E-state index contributed by atoms with van der Waals surface area (Å²) in [5.41, 5.74) is 0.407. The van der Waals surface area contributed by atoms with Crippen LogP contribution in [0.1, 0.15) is 5.56 Å². The molecular weight excluding hydrogens is 376 g/mol. The lowest BCUT2D eigenvalue weighted by molar-refractivity contribution is 0.0799. The fourth-order valence-electron chi connectivity index (χ4n) is 1.77. The Morgan fingerprint density at radius 3 is 2.83 bits per heavy atom. The van der Waals surface area contributed by atoms with Crippen molar-refractivity contribution in [3.8, 4) is 6.07 Å². The maximum absolute atomic E-state index is 9.32. The molecular formula is C14H19BrN6OSi. The highest BCUT2D eigenvalue weighted by Gasteiger charge is 2.18. The number of anilines is 2. The molecule has 0 atom stereocenters. The van der Waals surface area contributed by atoms with Gasteiger partial charge in [0, 0.05) is 20.9 Å². The highest BCUT2D eigenvalue weighted by molar-refractivity contribution is 9.10. The summed E-state index contributed by atoms with van der Waals surface area (Å²) in [6, 6.07) is 6.74. The Kier molecular flexibility index (Phi) is 5.87. The molecule has 0 aromatic carbocycles. The van der Waals surface area contributed by atoms with Crippen LogP contribution in [0.4, 0.5) is 11.6 Å². The fraction of sp³-hybridized carbons (Fsp3) is 0.429. The zero-order chi connectivity index (χ0) is 16.9. The van der Waals surface area contributed by atoms with Crippen LogP contribution < -0.4 is 5.32 Å². The number of ether oxygens (including phenoxy) is 1. The second-order valence-corrected chi connectivity index (χ2v) is 12.6. The van der Waals surface area contributed by atoms with Crippen molar-refractivity contribution in [1.82, 2.24) is 20.0 Å². The summed E-state index contributed by atoms with van der Waals surface area (Å²) in [5, 5.41) is 24.5. The smallest absolute Gasteiger partial charge is 0.154 e. The molecule has 0 aliphatic heterocycles. The van der Waals surface area contributed by atoms with Crippen molar-refractivity contribution in [2.75, 3.05) is 11.9 Å². The molecule has 0 radical (unpaired) electrons. The number of hydrogen-bond donors (Lipinski definition) is 1. The minimum absolute atomic E-state index is 0.271. The predicted octanol–water partition coefficient (Wildman–Crippen LogP) is 3.36. The van der Waals surface area contributed by atoms with Gasteiger partial charge in [-0.3, -0.25) is 0 Å². The van der Waals surface area contributed by atoms with E-state index in [9.17, 15) is 5.26 Å². The molecule has 0 fully saturated rings. The second kappa shape index (κ2) is 7.67. The Balaban J connectivity index is 2.11. The van der Waals surface area contributed by atoms with Gasteiger partial charge in [0.15, 0.2) is 11.6 Å². The number of nitrogens with one attached hydrogen (secondary N) is 1. The quantitative estimate of drug-likeness (QED) is 0.571. The van der Waals surface area contributed by atoms with Gasteiger partial charge in [0.05, 0.1) is 0 Å². The Morgan fingerprint density at radius 1 is 1.43 bits per heavy atom. The maximum Gasteiger partial charge on any atom is 0.154 e. The van der Waals surface area contributed by atoms with Crippen LogP contribution in [0, 0.1) is 11.3 Å². The third-order valence-corrected chi connectivity index (χ3v) is 5.31. The number of nitriles is 1. The molecule has 2 aromatic heterocycles. The molecule has 1 N–H and O–H groups in total. The molecule has 122 valence electrons. The standard InChI is InChI=1S/C14H19BrN6OSi/c1-23(2,3)8-7-22-10-21-14(11(9-16)13(15)20-21)18-12-5-4-6-17-19-12/h4-6H,7-8,10H2,1-3H3,(H,18,19). The van der Waals surface area contributed by atoms with E-state index in [2.05, 4.69) is 62.3 Å². The lowest BCUT2D eigenvalue weighted by atomic mass is 10.3. The first-order valence-electron chi connectivity index (χ1n) is 7.19. The van der Waals surface area contributed by atoms with E-state index in [0.29, 0.717) is 28.4 Å². The third kappa shape index (κ3) is 5.13. The number of nitrogens with zero attached hydrogens (tertiary/aromatic N) is 5. The van der Waals surface area contributed by atoms with E-state index < -0.39 is 8.07 Å². The summed E-state index contributed by atoms with van der Waals surface area (Å²) in [7, 11) is -1.13. The molecule has 9 heteroatoms. The van der Waals surface area contributed by atoms with E-state index in [1.807, 2.05) is 0 Å². The SMILES string of the molecule is C[Si](C)(C)CCOCn1nc(Br)c(C#N)c1Nc1cccnn1. The van der Waals surface area contributed by atoms with Gasteiger partial charge in [0.25, 0.3) is 0 Å². The number of halogens is 1. The van der Waals surface area contributed by atoms with Crippen LogP contribution in [0.3, 0.4) is 0 Å². The Bertz CT molecular complexity index is 692. The van der Waals surface area contributed by atoms with Crippen molar-refractivity contribution in [2.45, 2.75) is 32.4 Å². The van der Waals surface area contributed by atoms with Crippen LogP contribution in [0.2, 0.25) is 25.7 Å². The molecule has 0 bridgehead atoms. The zero-order valence-corrected chi connectivity index (χ0v) is 16.0. The lowest BCUT2D eigenvalue weighted by Gasteiger charge is -2.16. The van der Waals surface area contributed by atoms with Crippen LogP contribution in [-0.2, 0) is 11.5 Å². The summed E-state index contributed by atoms with van der Waals surface area (Å²) >= 11 is 3.30. The van der Waals surface area contributed by atoms with E-state index in [1.54, 1.807) is 23.0 Å². The summed E-state index contributed by atoms with van der Waals surface area (Å²) in [6.07, 6.45) is 1.59. The average Bonchev–Trinajstić information content (AvgIpc) is 2.79. The van der Waals surface area contributed by atoms with Crippen molar-refractivity contribution < 1.29 is 4.74 Å². The molecule has 7 nitrogen and oxygen atoms in total. The van der Waals surface area contributed by atoms with Crippen LogP contribution in [0.15, 0.2) is 22.9 Å². The van der Waals surface area contributed by atoms with Gasteiger partial charge >= 0.3 is 0 Å². The number of rotatable bonds is 7. The molecule has 2 aromatic rings. The Hall–Kier alpha value is -1.76. The molecule has 2 heterocycles. The van der Waals surface area contributed by atoms with Crippen LogP contribution in [-0.4, -0.2) is 34.7 Å². The van der Waals surface area contributed by atoms with Gasteiger partial charge < -0.3 is 10.1 Å². The van der Waals surface area contributed by atoms with E-state index in [1.165, 1.54) is 0 Å². The minimum atomic E-state index is -1.13. The van der Waals surface area contributed by atoms with Gasteiger partial charge in [-0.2, -0.15) is 15.5 Å². The second-order valence-electron chi connectivity index (χ2n) is 6.21. The molecule has 0 saturated heterocycles. The normalized spacial score (nSPS) is 11.3. The minimum Gasteiger partial charge on any atom is -0.359 e. The van der Waals surface area contributed by atoms with Crippen LogP contribution in [0.5, 0.6) is 0 Å². The predicted molar refractivity (Wildman–Crippen MR) is 94.1 cm³/mol. The molecule has 0 amide bonds. The van der Waals surface area contributed by atoms with Crippen molar-refractivity contribution in [3.05, 3.63) is 28.5 Å². The van der Waals surface area contributed by atoms with E-state index >= 15 is 0 Å². The molecule has 2 rings (SSSR count). The third-order valence-electron chi connectivity index (χ3n) is 3.05. The first-order chi connectivity index (χ1) is 10.9. The lowest BCUT2D eigenvalue weighted by Crippen LogP contribution is -2.22. The fourth-order valence-corrected chi connectivity index (χ4v) is 3.00. The topological polar surface area (TPSA) is 88.7 Å². The van der Waals surface area contributed by atoms with Crippen molar-refractivity contribution in [3.63, 3.8) is 0 Å². The summed E-state index contributed by atoms with van der Waals surface area (Å²) in [6.45, 7) is 7.86. The average molecular weight is 395 g/mol. The highest BCUT2D eigenvalue weighted by atomic mass is 79.9. The van der Waals surface area contributed by atoms with Gasteiger partial charge in [0.1, 0.15) is 23.0 Å². The molecule has 23 heavy (non-hydrogen) atoms. The first kappa shape index (κ1) is 17.6. The van der Waals surface area contributed by atoms with Gasteiger partial charge in [-0.1, -0.05) is 19.6 Å². The van der Waals surface area contributed by atoms with E-state index in [4.69, 9.17) is 4.74 Å².